The molecule has 0 saturated heterocycles. The summed E-state index contributed by atoms with van der Waals surface area (Å²) in [5.74, 6) is 0.859. The molecule has 1 aromatic rings. The molecule has 8 heteroatoms. The van der Waals surface area contributed by atoms with Gasteiger partial charge in [-0.05, 0) is 24.0 Å². The molecule has 1 aliphatic heterocycles. The van der Waals surface area contributed by atoms with Gasteiger partial charge in [-0.15, -0.1) is 24.0 Å². The molecule has 0 fully saturated rings. The van der Waals surface area contributed by atoms with Gasteiger partial charge >= 0.3 is 0 Å². The second kappa shape index (κ2) is 10.8. The lowest BCUT2D eigenvalue weighted by atomic mass is 10.00. The maximum absolute atomic E-state index is 11.0. The van der Waals surface area contributed by atoms with E-state index in [1.807, 2.05) is 6.07 Å². The highest BCUT2D eigenvalue weighted by atomic mass is 127. The maximum atomic E-state index is 11.0. The molecule has 0 unspecified atom stereocenters. The normalized spacial score (nSPS) is 15.4. The monoisotopic (exact) mass is 478 g/mol. The van der Waals surface area contributed by atoms with Crippen LogP contribution >= 0.6 is 24.0 Å². The van der Waals surface area contributed by atoms with E-state index in [1.54, 1.807) is 7.05 Å². The molecule has 1 aromatic carbocycles. The third kappa shape index (κ3) is 7.74. The van der Waals surface area contributed by atoms with Crippen LogP contribution in [-0.2, 0) is 10.0 Å². The molecule has 6 nitrogen and oxygen atoms in total. The molecule has 0 spiro atoms. The molecule has 0 amide bonds. The fourth-order valence-corrected chi connectivity index (χ4v) is 3.17. The number of aliphatic imine (C=N–C) groups is 1. The molecule has 0 bridgehead atoms. The minimum Gasteiger partial charge on any atom is -0.356 e. The van der Waals surface area contributed by atoms with E-state index in [-0.39, 0.29) is 24.0 Å². The third-order valence-electron chi connectivity index (χ3n) is 3.87. The average Bonchev–Trinajstić information content (AvgIpc) is 2.58. The first-order chi connectivity index (χ1) is 11.5. The second-order valence-electron chi connectivity index (χ2n) is 5.79. The molecule has 0 aromatic heterocycles. The van der Waals surface area contributed by atoms with Crippen molar-refractivity contribution in [2.75, 3.05) is 39.5 Å². The Morgan fingerprint density at radius 3 is 2.52 bits per heavy atom. The number of hydrogen-bond acceptors (Lipinski definition) is 3. The van der Waals surface area contributed by atoms with Crippen LogP contribution in [0, 0.1) is 0 Å². The number of rotatable bonds is 6. The first kappa shape index (κ1) is 21.9. The summed E-state index contributed by atoms with van der Waals surface area (Å²) in [6.45, 7) is 2.86. The van der Waals surface area contributed by atoms with Crippen LogP contribution in [0.4, 0.5) is 0 Å². The minimum atomic E-state index is -3.11. The van der Waals surface area contributed by atoms with E-state index in [0.29, 0.717) is 19.5 Å². The van der Waals surface area contributed by atoms with Crippen LogP contribution in [0.3, 0.4) is 0 Å². The highest BCUT2D eigenvalue weighted by Crippen LogP contribution is 2.21. The van der Waals surface area contributed by atoms with Gasteiger partial charge in [-0.25, -0.2) is 13.1 Å². The number of benzene rings is 1. The van der Waals surface area contributed by atoms with E-state index in [2.05, 4.69) is 50.3 Å². The van der Waals surface area contributed by atoms with E-state index in [4.69, 9.17) is 0 Å². The van der Waals surface area contributed by atoms with Crippen molar-refractivity contribution in [2.45, 2.75) is 12.8 Å². The molecule has 0 atom stereocenters. The molecule has 1 aliphatic rings. The fourth-order valence-electron chi connectivity index (χ4n) is 2.65. The number of sulfonamides is 1. The number of halogens is 1. The Balaban J connectivity index is 0.00000312. The summed E-state index contributed by atoms with van der Waals surface area (Å²) in [6.07, 6.45) is 5.12. The zero-order valence-electron chi connectivity index (χ0n) is 14.7. The second-order valence-corrected chi connectivity index (χ2v) is 7.62. The molecule has 2 N–H and O–H groups in total. The largest absolute Gasteiger partial charge is 0.356 e. The predicted molar refractivity (Wildman–Crippen MR) is 115 cm³/mol. The Morgan fingerprint density at radius 2 is 1.96 bits per heavy atom. The van der Waals surface area contributed by atoms with Crippen LogP contribution in [0.15, 0.2) is 41.4 Å². The van der Waals surface area contributed by atoms with Gasteiger partial charge in [0, 0.05) is 33.2 Å². The van der Waals surface area contributed by atoms with Gasteiger partial charge in [0.15, 0.2) is 5.96 Å². The van der Waals surface area contributed by atoms with E-state index < -0.39 is 10.0 Å². The first-order valence-corrected chi connectivity index (χ1v) is 10.0. The Hall–Kier alpha value is -1.13. The summed E-state index contributed by atoms with van der Waals surface area (Å²) >= 11 is 0. The maximum Gasteiger partial charge on any atom is 0.208 e. The lowest BCUT2D eigenvalue weighted by molar-refractivity contribution is 0.439. The van der Waals surface area contributed by atoms with Crippen LogP contribution in [-0.4, -0.2) is 58.8 Å². The molecule has 0 saturated carbocycles. The van der Waals surface area contributed by atoms with Gasteiger partial charge in [-0.2, -0.15) is 0 Å². The van der Waals surface area contributed by atoms with Gasteiger partial charge in [0.2, 0.25) is 10.0 Å². The van der Waals surface area contributed by atoms with Gasteiger partial charge in [0.1, 0.15) is 0 Å². The first-order valence-electron chi connectivity index (χ1n) is 8.14. The summed E-state index contributed by atoms with van der Waals surface area (Å²) in [6, 6.07) is 10.4. The molecule has 0 aliphatic carbocycles. The Labute approximate surface area is 167 Å². The van der Waals surface area contributed by atoms with Crippen molar-refractivity contribution in [3.63, 3.8) is 0 Å². The lowest BCUT2D eigenvalue weighted by Crippen LogP contribution is -2.44. The highest BCUT2D eigenvalue weighted by molar-refractivity contribution is 14.0. The highest BCUT2D eigenvalue weighted by Gasteiger charge is 2.15. The Bertz CT molecular complexity index is 690. The fraction of sp³-hybridized carbons (Fsp3) is 0.471. The van der Waals surface area contributed by atoms with Crippen molar-refractivity contribution in [3.8, 4) is 0 Å². The molecule has 0 radical (unpaired) electrons. The minimum absolute atomic E-state index is 0. The third-order valence-corrected chi connectivity index (χ3v) is 4.59. The zero-order chi connectivity index (χ0) is 17.4. The Morgan fingerprint density at radius 1 is 1.24 bits per heavy atom. The number of nitrogens with one attached hydrogen (secondary N) is 2. The van der Waals surface area contributed by atoms with Crippen molar-refractivity contribution in [2.24, 2.45) is 4.99 Å². The van der Waals surface area contributed by atoms with Crippen molar-refractivity contribution in [3.05, 3.63) is 42.0 Å². The summed E-state index contributed by atoms with van der Waals surface area (Å²) in [4.78, 5) is 6.52. The summed E-state index contributed by atoms with van der Waals surface area (Å²) in [5, 5.41) is 3.29. The lowest BCUT2D eigenvalue weighted by Gasteiger charge is -2.29. The van der Waals surface area contributed by atoms with Crippen LogP contribution in [0.2, 0.25) is 0 Å². The van der Waals surface area contributed by atoms with Crippen LogP contribution in [0.25, 0.3) is 5.57 Å². The predicted octanol–water partition coefficient (Wildman–Crippen LogP) is 1.91. The molecule has 1 heterocycles. The molecular weight excluding hydrogens is 451 g/mol. The summed E-state index contributed by atoms with van der Waals surface area (Å²) < 4.78 is 24.5. The van der Waals surface area contributed by atoms with Gasteiger partial charge in [-0.1, -0.05) is 36.4 Å². The van der Waals surface area contributed by atoms with Crippen molar-refractivity contribution < 1.29 is 8.42 Å². The van der Waals surface area contributed by atoms with E-state index >= 15 is 0 Å². The number of hydrogen-bond donors (Lipinski definition) is 2. The van der Waals surface area contributed by atoms with E-state index in [0.717, 1.165) is 25.5 Å². The molecule has 140 valence electrons. The summed E-state index contributed by atoms with van der Waals surface area (Å²) in [5.41, 5.74) is 2.66. The molecule has 2 rings (SSSR count). The molecular formula is C17H27IN4O2S. The van der Waals surface area contributed by atoms with Crippen molar-refractivity contribution in [1.82, 2.24) is 14.9 Å². The van der Waals surface area contributed by atoms with Crippen LogP contribution in [0.5, 0.6) is 0 Å². The topological polar surface area (TPSA) is 73.8 Å². The van der Waals surface area contributed by atoms with Gasteiger partial charge in [0.05, 0.1) is 6.26 Å². The van der Waals surface area contributed by atoms with Gasteiger partial charge in [-0.3, -0.25) is 4.99 Å². The summed E-state index contributed by atoms with van der Waals surface area (Å²) in [7, 11) is -1.34. The number of guanidine groups is 1. The number of nitrogens with zero attached hydrogens (tertiary/aromatic N) is 2. The standard InChI is InChI=1S/C17H26N4O2S.HI/c1-18-17(19-11-6-12-20-24(2,22)23)21-13-9-16(10-14-21)15-7-4-3-5-8-15;/h3-5,7-9,20H,6,10-14H2,1-2H3,(H,18,19);1H. The van der Waals surface area contributed by atoms with Crippen LogP contribution < -0.4 is 10.0 Å². The van der Waals surface area contributed by atoms with Gasteiger partial charge < -0.3 is 10.2 Å². The van der Waals surface area contributed by atoms with E-state index in [9.17, 15) is 8.42 Å². The Kier molecular flexibility index (Phi) is 9.44. The van der Waals surface area contributed by atoms with E-state index in [1.165, 1.54) is 17.4 Å². The smallest absolute Gasteiger partial charge is 0.208 e. The average molecular weight is 478 g/mol. The SMILES string of the molecule is CN=C(NCCCNS(C)(=O)=O)N1CC=C(c2ccccc2)CC1.I. The molecule has 25 heavy (non-hydrogen) atoms. The zero-order valence-corrected chi connectivity index (χ0v) is 17.9. The van der Waals surface area contributed by atoms with Crippen LogP contribution in [0.1, 0.15) is 18.4 Å². The van der Waals surface area contributed by atoms with Gasteiger partial charge in [0.25, 0.3) is 0 Å². The quantitative estimate of drug-likeness (QED) is 0.284. The van der Waals surface area contributed by atoms with Crippen molar-refractivity contribution >= 4 is 45.5 Å². The van der Waals surface area contributed by atoms with Crippen molar-refractivity contribution in [1.29, 1.82) is 0 Å².